The molecule has 0 spiro atoms. The van der Waals surface area contributed by atoms with E-state index in [9.17, 15) is 0 Å². The minimum absolute atomic E-state index is 0.396. The van der Waals surface area contributed by atoms with Crippen molar-refractivity contribution in [2.75, 3.05) is 18.0 Å². The summed E-state index contributed by atoms with van der Waals surface area (Å²) < 4.78 is 0. The second kappa shape index (κ2) is 6.30. The van der Waals surface area contributed by atoms with Gasteiger partial charge in [-0.1, -0.05) is 39.3 Å². The summed E-state index contributed by atoms with van der Waals surface area (Å²) in [6.07, 6.45) is 6.23. The summed E-state index contributed by atoms with van der Waals surface area (Å²) >= 11 is 6.21. The van der Waals surface area contributed by atoms with Crippen LogP contribution in [0.5, 0.6) is 0 Å². The Morgan fingerprint density at radius 3 is 2.65 bits per heavy atom. The molecule has 3 nitrogen and oxygen atoms in total. The lowest BCUT2D eigenvalue weighted by atomic mass is 9.77. The molecule has 1 aliphatic heterocycles. The molecule has 1 aromatic heterocycles. The Morgan fingerprint density at radius 1 is 1.25 bits per heavy atom. The quantitative estimate of drug-likeness (QED) is 0.760. The van der Waals surface area contributed by atoms with E-state index in [1.54, 1.807) is 6.33 Å². The van der Waals surface area contributed by atoms with Crippen LogP contribution in [0.2, 0.25) is 5.15 Å². The van der Waals surface area contributed by atoms with Crippen molar-refractivity contribution >= 4 is 17.4 Å². The van der Waals surface area contributed by atoms with Crippen LogP contribution in [-0.2, 0) is 6.42 Å². The lowest BCUT2D eigenvalue weighted by Crippen LogP contribution is -2.28. The Bertz CT molecular complexity index is 454. The molecule has 20 heavy (non-hydrogen) atoms. The number of halogens is 1. The molecule has 4 heteroatoms. The summed E-state index contributed by atoms with van der Waals surface area (Å²) in [4.78, 5) is 11.0. The molecule has 2 heterocycles. The Hall–Kier alpha value is -0.830. The summed E-state index contributed by atoms with van der Waals surface area (Å²) in [5.41, 5.74) is 1.48. The minimum atomic E-state index is 0.396. The normalized spacial score (nSPS) is 20.9. The van der Waals surface area contributed by atoms with Crippen molar-refractivity contribution in [2.24, 2.45) is 11.3 Å². The predicted octanol–water partition coefficient (Wildman–Crippen LogP) is 4.35. The molecule has 1 atom stereocenters. The predicted molar refractivity (Wildman–Crippen MR) is 85.4 cm³/mol. The van der Waals surface area contributed by atoms with E-state index in [1.807, 2.05) is 0 Å². The first-order chi connectivity index (χ1) is 9.43. The molecule has 0 bridgehead atoms. The van der Waals surface area contributed by atoms with E-state index in [2.05, 4.69) is 42.6 Å². The zero-order valence-electron chi connectivity index (χ0n) is 13.1. The first-order valence-corrected chi connectivity index (χ1v) is 8.05. The van der Waals surface area contributed by atoms with E-state index in [0.29, 0.717) is 10.6 Å². The summed E-state index contributed by atoms with van der Waals surface area (Å²) in [6.45, 7) is 11.3. The monoisotopic (exact) mass is 295 g/mol. The topological polar surface area (TPSA) is 29.0 Å². The molecule has 112 valence electrons. The summed E-state index contributed by atoms with van der Waals surface area (Å²) in [6, 6.07) is 0. The molecule has 0 aromatic carbocycles. The molecule has 1 fully saturated rings. The fourth-order valence-electron chi connectivity index (χ4n) is 3.13. The molecule has 2 rings (SSSR count). The van der Waals surface area contributed by atoms with Gasteiger partial charge < -0.3 is 4.90 Å². The number of hydrogen-bond acceptors (Lipinski definition) is 3. The van der Waals surface area contributed by atoms with Gasteiger partial charge >= 0.3 is 0 Å². The van der Waals surface area contributed by atoms with Gasteiger partial charge in [0.2, 0.25) is 0 Å². The maximum absolute atomic E-state index is 6.21. The highest BCUT2D eigenvalue weighted by Gasteiger charge is 2.28. The molecule has 0 amide bonds. The largest absolute Gasteiger partial charge is 0.356 e. The van der Waals surface area contributed by atoms with Gasteiger partial charge in [-0.05, 0) is 37.0 Å². The molecule has 1 aliphatic rings. The van der Waals surface area contributed by atoms with Crippen LogP contribution in [-0.4, -0.2) is 23.1 Å². The lowest BCUT2D eigenvalue weighted by Gasteiger charge is -2.30. The first kappa shape index (κ1) is 15.6. The van der Waals surface area contributed by atoms with E-state index in [0.717, 1.165) is 36.8 Å². The Kier molecular flexibility index (Phi) is 4.90. The maximum atomic E-state index is 6.21. The fourth-order valence-corrected chi connectivity index (χ4v) is 3.39. The second-order valence-electron chi connectivity index (χ2n) is 6.80. The molecule has 0 aliphatic carbocycles. The van der Waals surface area contributed by atoms with E-state index >= 15 is 0 Å². The molecule has 1 unspecified atom stereocenters. The van der Waals surface area contributed by atoms with Gasteiger partial charge in [-0.3, -0.25) is 0 Å². The average molecular weight is 296 g/mol. The third kappa shape index (κ3) is 3.43. The van der Waals surface area contributed by atoms with Gasteiger partial charge in [0.1, 0.15) is 17.3 Å². The van der Waals surface area contributed by atoms with Crippen LogP contribution in [0, 0.1) is 11.3 Å². The van der Waals surface area contributed by atoms with Crippen LogP contribution in [0.4, 0.5) is 5.82 Å². The van der Waals surface area contributed by atoms with Crippen molar-refractivity contribution in [1.29, 1.82) is 0 Å². The van der Waals surface area contributed by atoms with Crippen molar-refractivity contribution < 1.29 is 0 Å². The van der Waals surface area contributed by atoms with Crippen LogP contribution in [0.15, 0.2) is 6.33 Å². The lowest BCUT2D eigenvalue weighted by molar-refractivity contribution is 0.220. The molecule has 0 N–H and O–H groups in total. The highest BCUT2D eigenvalue weighted by Crippen LogP contribution is 2.35. The van der Waals surface area contributed by atoms with Gasteiger partial charge in [0.15, 0.2) is 0 Å². The average Bonchev–Trinajstić information content (AvgIpc) is 2.63. The Labute approximate surface area is 127 Å². The van der Waals surface area contributed by atoms with Crippen LogP contribution in [0.3, 0.4) is 0 Å². The van der Waals surface area contributed by atoms with Crippen molar-refractivity contribution in [3.63, 3.8) is 0 Å². The smallest absolute Gasteiger partial charge is 0.137 e. The molecule has 0 saturated carbocycles. The van der Waals surface area contributed by atoms with Gasteiger partial charge in [0.25, 0.3) is 0 Å². The van der Waals surface area contributed by atoms with Crippen LogP contribution < -0.4 is 4.90 Å². The summed E-state index contributed by atoms with van der Waals surface area (Å²) in [5, 5.41) is 0.606. The Balaban J connectivity index is 2.17. The van der Waals surface area contributed by atoms with Crippen molar-refractivity contribution in [3.8, 4) is 0 Å². The second-order valence-corrected chi connectivity index (χ2v) is 7.16. The van der Waals surface area contributed by atoms with Crippen molar-refractivity contribution in [3.05, 3.63) is 17.0 Å². The van der Waals surface area contributed by atoms with E-state index in [-0.39, 0.29) is 0 Å². The standard InChI is InChI=1S/C16H26ClN3/c1-5-13-14(17)18-11-19-15(13)20-9-6-7-12(8-10-20)16(2,3)4/h11-12H,5-10H2,1-4H3. The summed E-state index contributed by atoms with van der Waals surface area (Å²) in [5.74, 6) is 1.83. The number of rotatable bonds is 2. The van der Waals surface area contributed by atoms with Gasteiger partial charge in [-0.2, -0.15) is 0 Å². The zero-order chi connectivity index (χ0) is 14.8. The first-order valence-electron chi connectivity index (χ1n) is 7.67. The molecular weight excluding hydrogens is 270 g/mol. The SMILES string of the molecule is CCc1c(Cl)ncnc1N1CCCC(C(C)(C)C)CC1. The van der Waals surface area contributed by atoms with Crippen molar-refractivity contribution in [2.45, 2.75) is 53.4 Å². The van der Waals surface area contributed by atoms with Gasteiger partial charge in [-0.25, -0.2) is 9.97 Å². The number of nitrogens with zero attached hydrogens (tertiary/aromatic N) is 3. The fraction of sp³-hybridized carbons (Fsp3) is 0.750. The number of aromatic nitrogens is 2. The molecular formula is C16H26ClN3. The van der Waals surface area contributed by atoms with Crippen LogP contribution in [0.1, 0.15) is 52.5 Å². The van der Waals surface area contributed by atoms with E-state index in [4.69, 9.17) is 11.6 Å². The highest BCUT2D eigenvalue weighted by molar-refractivity contribution is 6.30. The van der Waals surface area contributed by atoms with Gasteiger partial charge in [0, 0.05) is 18.7 Å². The third-order valence-corrected chi connectivity index (χ3v) is 4.80. The van der Waals surface area contributed by atoms with Crippen LogP contribution >= 0.6 is 11.6 Å². The Morgan fingerprint density at radius 2 is 2.00 bits per heavy atom. The van der Waals surface area contributed by atoms with Gasteiger partial charge in [0.05, 0.1) is 0 Å². The zero-order valence-corrected chi connectivity index (χ0v) is 13.9. The third-order valence-electron chi connectivity index (χ3n) is 4.48. The molecule has 0 radical (unpaired) electrons. The summed E-state index contributed by atoms with van der Waals surface area (Å²) in [7, 11) is 0. The van der Waals surface area contributed by atoms with Crippen LogP contribution in [0.25, 0.3) is 0 Å². The van der Waals surface area contributed by atoms with Gasteiger partial charge in [-0.15, -0.1) is 0 Å². The number of anilines is 1. The highest BCUT2D eigenvalue weighted by atomic mass is 35.5. The van der Waals surface area contributed by atoms with Crippen molar-refractivity contribution in [1.82, 2.24) is 9.97 Å². The minimum Gasteiger partial charge on any atom is -0.356 e. The number of hydrogen-bond donors (Lipinski definition) is 0. The molecule has 1 aromatic rings. The molecule has 1 saturated heterocycles. The van der Waals surface area contributed by atoms with E-state index < -0.39 is 0 Å². The van der Waals surface area contributed by atoms with E-state index in [1.165, 1.54) is 19.3 Å². The maximum Gasteiger partial charge on any atom is 0.137 e.